The predicted octanol–water partition coefficient (Wildman–Crippen LogP) is -0.450. The molecule has 2 rings (SSSR count). The van der Waals surface area contributed by atoms with Crippen LogP contribution in [0.3, 0.4) is 0 Å². The van der Waals surface area contributed by atoms with Gasteiger partial charge in [0.1, 0.15) is 17.8 Å². The van der Waals surface area contributed by atoms with E-state index in [1.54, 1.807) is 7.11 Å². The normalized spacial score (nSPS) is 51.8. The summed E-state index contributed by atoms with van der Waals surface area (Å²) in [5.41, 5.74) is -0.598. The van der Waals surface area contributed by atoms with Gasteiger partial charge in [-0.3, -0.25) is 0 Å². The number of aliphatic hydroxyl groups is 1. The molecule has 1 N–H and O–H groups in total. The van der Waals surface area contributed by atoms with Crippen molar-refractivity contribution in [3.63, 3.8) is 0 Å². The third kappa shape index (κ3) is 0.864. The van der Waals surface area contributed by atoms with Gasteiger partial charge in [-0.15, -0.1) is 0 Å². The first kappa shape index (κ1) is 8.44. The predicted molar refractivity (Wildman–Crippen MR) is 40.9 cm³/mol. The Morgan fingerprint density at radius 1 is 1.67 bits per heavy atom. The van der Waals surface area contributed by atoms with Crippen LogP contribution in [0.15, 0.2) is 0 Å². The van der Waals surface area contributed by atoms with Gasteiger partial charge in [0, 0.05) is 7.11 Å². The molecule has 4 atom stereocenters. The maximum Gasteiger partial charge on any atom is 0.143 e. The van der Waals surface area contributed by atoms with E-state index in [0.29, 0.717) is 6.61 Å². The molecule has 2 aliphatic heterocycles. The van der Waals surface area contributed by atoms with E-state index in [-0.39, 0.29) is 24.9 Å². The first-order valence-electron chi connectivity index (χ1n) is 4.16. The summed E-state index contributed by atoms with van der Waals surface area (Å²) in [5, 5.41) is 9.18. The minimum absolute atomic E-state index is 0.0119. The minimum Gasteiger partial charge on any atom is -0.393 e. The fourth-order valence-electron chi connectivity index (χ4n) is 2.15. The summed E-state index contributed by atoms with van der Waals surface area (Å²) in [7, 11) is 1.62. The molecule has 2 fully saturated rings. The van der Waals surface area contributed by atoms with Gasteiger partial charge < -0.3 is 19.3 Å². The third-order valence-corrected chi connectivity index (χ3v) is 2.74. The molecule has 0 aromatic carbocycles. The van der Waals surface area contributed by atoms with Crippen molar-refractivity contribution in [2.24, 2.45) is 0 Å². The van der Waals surface area contributed by atoms with E-state index in [0.717, 1.165) is 0 Å². The van der Waals surface area contributed by atoms with Crippen LogP contribution in [0.4, 0.5) is 0 Å². The molecule has 2 unspecified atom stereocenters. The Morgan fingerprint density at radius 3 is 2.83 bits per heavy atom. The van der Waals surface area contributed by atoms with E-state index >= 15 is 0 Å². The smallest absolute Gasteiger partial charge is 0.143 e. The maximum atomic E-state index is 9.18. The Labute approximate surface area is 71.4 Å². The van der Waals surface area contributed by atoms with E-state index in [1.165, 1.54) is 0 Å². The van der Waals surface area contributed by atoms with Gasteiger partial charge in [0.2, 0.25) is 0 Å². The van der Waals surface area contributed by atoms with E-state index in [2.05, 4.69) is 0 Å². The second kappa shape index (κ2) is 2.67. The van der Waals surface area contributed by atoms with Gasteiger partial charge in [0.05, 0.1) is 19.3 Å². The zero-order chi connectivity index (χ0) is 8.77. The zero-order valence-electron chi connectivity index (χ0n) is 7.32. The van der Waals surface area contributed by atoms with Crippen LogP contribution in [-0.4, -0.2) is 49.3 Å². The number of ether oxygens (including phenoxy) is 3. The van der Waals surface area contributed by atoms with Crippen molar-refractivity contribution in [2.45, 2.75) is 30.8 Å². The van der Waals surface area contributed by atoms with Crippen molar-refractivity contribution in [3.8, 4) is 0 Å². The average Bonchev–Trinajstić information content (AvgIpc) is 2.56. The second-order valence-electron chi connectivity index (χ2n) is 3.48. The van der Waals surface area contributed by atoms with Crippen LogP contribution in [0.2, 0.25) is 0 Å². The molecule has 2 aliphatic rings. The lowest BCUT2D eigenvalue weighted by Gasteiger charge is -2.27. The summed E-state index contributed by atoms with van der Waals surface area (Å²) in [5.74, 6) is 0. The highest BCUT2D eigenvalue weighted by Crippen LogP contribution is 2.40. The molecular weight excluding hydrogens is 160 g/mol. The largest absolute Gasteiger partial charge is 0.393 e. The summed E-state index contributed by atoms with van der Waals surface area (Å²) in [6.07, 6.45) is -0.101. The molecule has 0 amide bonds. The van der Waals surface area contributed by atoms with Crippen molar-refractivity contribution >= 4 is 0 Å². The summed E-state index contributed by atoms with van der Waals surface area (Å²) < 4.78 is 16.3. The fraction of sp³-hybridized carbons (Fsp3) is 1.00. The highest BCUT2D eigenvalue weighted by Gasteiger charge is 2.60. The van der Waals surface area contributed by atoms with Crippen LogP contribution in [0.1, 0.15) is 6.92 Å². The Bertz CT molecular complexity index is 184. The number of fused-ring (bicyclic) bond motifs is 2. The van der Waals surface area contributed by atoms with Crippen molar-refractivity contribution in [1.82, 2.24) is 0 Å². The number of aliphatic hydroxyl groups excluding tert-OH is 1. The molecule has 2 heterocycles. The van der Waals surface area contributed by atoms with Crippen LogP contribution in [0.25, 0.3) is 0 Å². The van der Waals surface area contributed by atoms with Crippen molar-refractivity contribution in [2.75, 3.05) is 20.3 Å². The first-order valence-corrected chi connectivity index (χ1v) is 4.16. The summed E-state index contributed by atoms with van der Waals surface area (Å²) in [6.45, 7) is 2.34. The lowest BCUT2D eigenvalue weighted by Crippen LogP contribution is -2.45. The van der Waals surface area contributed by atoms with E-state index < -0.39 is 5.60 Å². The van der Waals surface area contributed by atoms with Crippen LogP contribution < -0.4 is 0 Å². The lowest BCUT2D eigenvalue weighted by atomic mass is 10.00. The second-order valence-corrected chi connectivity index (χ2v) is 3.48. The highest BCUT2D eigenvalue weighted by molar-refractivity contribution is 5.07. The van der Waals surface area contributed by atoms with Crippen LogP contribution >= 0.6 is 0 Å². The van der Waals surface area contributed by atoms with Crippen molar-refractivity contribution < 1.29 is 19.3 Å². The molecule has 12 heavy (non-hydrogen) atoms. The van der Waals surface area contributed by atoms with Crippen LogP contribution in [0, 0.1) is 0 Å². The zero-order valence-corrected chi connectivity index (χ0v) is 7.32. The molecule has 4 nitrogen and oxygen atoms in total. The van der Waals surface area contributed by atoms with Crippen LogP contribution in [0.5, 0.6) is 0 Å². The van der Waals surface area contributed by atoms with Gasteiger partial charge in [-0.2, -0.15) is 0 Å². The quantitative estimate of drug-likeness (QED) is 0.616. The van der Waals surface area contributed by atoms with Crippen molar-refractivity contribution in [1.29, 1.82) is 0 Å². The molecule has 0 aliphatic carbocycles. The summed E-state index contributed by atoms with van der Waals surface area (Å²) >= 11 is 0. The SMILES string of the molecule is COC1C2OC[C@]1(CO)O[C@H]2C. The molecule has 2 bridgehead atoms. The van der Waals surface area contributed by atoms with Crippen LogP contribution in [-0.2, 0) is 14.2 Å². The molecule has 0 radical (unpaired) electrons. The monoisotopic (exact) mass is 174 g/mol. The average molecular weight is 174 g/mol. The molecular formula is C8H14O4. The topological polar surface area (TPSA) is 47.9 Å². The van der Waals surface area contributed by atoms with Gasteiger partial charge in [-0.25, -0.2) is 0 Å². The first-order chi connectivity index (χ1) is 5.73. The molecule has 0 aromatic heterocycles. The minimum atomic E-state index is -0.598. The Kier molecular flexibility index (Phi) is 1.88. The van der Waals surface area contributed by atoms with Gasteiger partial charge in [-0.1, -0.05) is 0 Å². The Balaban J connectivity index is 2.23. The molecule has 0 aromatic rings. The van der Waals surface area contributed by atoms with Gasteiger partial charge in [0.15, 0.2) is 0 Å². The third-order valence-electron chi connectivity index (χ3n) is 2.74. The number of hydrogen-bond donors (Lipinski definition) is 1. The fourth-order valence-corrected chi connectivity index (χ4v) is 2.15. The summed E-state index contributed by atoms with van der Waals surface area (Å²) in [6, 6.07) is 0. The molecule has 0 saturated carbocycles. The molecule has 4 heteroatoms. The van der Waals surface area contributed by atoms with Crippen molar-refractivity contribution in [3.05, 3.63) is 0 Å². The van der Waals surface area contributed by atoms with E-state index in [9.17, 15) is 5.11 Å². The number of hydrogen-bond acceptors (Lipinski definition) is 4. The maximum absolute atomic E-state index is 9.18. The number of methoxy groups -OCH3 is 1. The van der Waals surface area contributed by atoms with Gasteiger partial charge in [-0.05, 0) is 6.92 Å². The standard InChI is InChI=1S/C8H14O4/c1-5-6-7(10-2)8(3-9,12-5)4-11-6/h5-7,9H,3-4H2,1-2H3/t5-,6?,7?,8-/m0/s1. The number of rotatable bonds is 2. The molecule has 2 saturated heterocycles. The Hall–Kier alpha value is -0.160. The Morgan fingerprint density at radius 2 is 2.42 bits per heavy atom. The summed E-state index contributed by atoms with van der Waals surface area (Å²) in [4.78, 5) is 0. The molecule has 70 valence electrons. The highest BCUT2D eigenvalue weighted by atomic mass is 16.7. The van der Waals surface area contributed by atoms with Gasteiger partial charge >= 0.3 is 0 Å². The van der Waals surface area contributed by atoms with E-state index in [1.807, 2.05) is 6.92 Å². The lowest BCUT2D eigenvalue weighted by molar-refractivity contribution is -0.156. The van der Waals surface area contributed by atoms with E-state index in [4.69, 9.17) is 14.2 Å². The van der Waals surface area contributed by atoms with Gasteiger partial charge in [0.25, 0.3) is 0 Å². The molecule has 0 spiro atoms.